The number of benzene rings is 2. The van der Waals surface area contributed by atoms with Gasteiger partial charge in [0.05, 0.1) is 18.2 Å². The van der Waals surface area contributed by atoms with E-state index >= 15 is 0 Å². The topological polar surface area (TPSA) is 63.5 Å². The van der Waals surface area contributed by atoms with Gasteiger partial charge in [-0.3, -0.25) is 5.43 Å². The summed E-state index contributed by atoms with van der Waals surface area (Å²) in [5.41, 5.74) is 10.6. The molecular formula is C23H25N5. The Morgan fingerprint density at radius 1 is 1.11 bits per heavy atom. The molecule has 0 aromatic heterocycles. The molecule has 0 saturated carbocycles. The molecule has 5 heteroatoms. The van der Waals surface area contributed by atoms with Gasteiger partial charge in [-0.1, -0.05) is 74.5 Å². The zero-order chi connectivity index (χ0) is 19.8. The van der Waals surface area contributed by atoms with E-state index in [2.05, 4.69) is 78.5 Å². The summed E-state index contributed by atoms with van der Waals surface area (Å²) in [5.74, 6) is 1.36. The lowest BCUT2D eigenvalue weighted by Crippen LogP contribution is -2.41. The smallest absolute Gasteiger partial charge is 0.144 e. The summed E-state index contributed by atoms with van der Waals surface area (Å²) >= 11 is 0. The fraction of sp³-hybridized carbons (Fsp3) is 0.217. The molecule has 1 aliphatic rings. The van der Waals surface area contributed by atoms with Crippen molar-refractivity contribution in [3.63, 3.8) is 0 Å². The van der Waals surface area contributed by atoms with E-state index in [-0.39, 0.29) is 0 Å². The predicted octanol–water partition coefficient (Wildman–Crippen LogP) is 4.13. The Kier molecular flexibility index (Phi) is 6.61. The highest BCUT2D eigenvalue weighted by molar-refractivity contribution is 5.84. The lowest BCUT2D eigenvalue weighted by molar-refractivity contribution is 0.202. The molecule has 0 atom stereocenters. The minimum absolute atomic E-state index is 0.509. The molecule has 0 radical (unpaired) electrons. The van der Waals surface area contributed by atoms with Gasteiger partial charge in [-0.15, -0.1) is 10.2 Å². The molecule has 1 aliphatic heterocycles. The molecule has 0 aliphatic carbocycles. The normalized spacial score (nSPS) is 14.3. The monoisotopic (exact) mass is 371 g/mol. The molecular weight excluding hydrogens is 346 g/mol. The van der Waals surface area contributed by atoms with Gasteiger partial charge in [0.2, 0.25) is 0 Å². The second-order valence-electron chi connectivity index (χ2n) is 6.94. The highest BCUT2D eigenvalue weighted by Crippen LogP contribution is 2.20. The Bertz CT molecular complexity index is 917. The average Bonchev–Trinajstić information content (AvgIpc) is 3.15. The van der Waals surface area contributed by atoms with E-state index in [1.165, 1.54) is 11.1 Å². The highest BCUT2D eigenvalue weighted by atomic mass is 15.9. The number of hydrazone groups is 1. The lowest BCUT2D eigenvalue weighted by Gasteiger charge is -2.13. The van der Waals surface area contributed by atoms with Crippen molar-refractivity contribution in [3.05, 3.63) is 89.0 Å². The maximum absolute atomic E-state index is 8.86. The number of hydrogen-bond acceptors (Lipinski definition) is 5. The van der Waals surface area contributed by atoms with Gasteiger partial charge in [0.25, 0.3) is 0 Å². The van der Waals surface area contributed by atoms with E-state index in [4.69, 9.17) is 5.26 Å². The molecule has 0 bridgehead atoms. The third kappa shape index (κ3) is 5.32. The fourth-order valence-corrected chi connectivity index (χ4v) is 2.98. The number of hydrazine groups is 2. The molecule has 2 aromatic rings. The molecule has 0 fully saturated rings. The van der Waals surface area contributed by atoms with Crippen molar-refractivity contribution < 1.29 is 0 Å². The summed E-state index contributed by atoms with van der Waals surface area (Å²) in [6.45, 7) is 5.10. The number of rotatable bonds is 7. The number of allylic oxidation sites excluding steroid dienone is 2. The van der Waals surface area contributed by atoms with Crippen molar-refractivity contribution in [1.82, 2.24) is 16.1 Å². The van der Waals surface area contributed by atoms with Crippen molar-refractivity contribution in [1.29, 1.82) is 5.26 Å². The van der Waals surface area contributed by atoms with Gasteiger partial charge < -0.3 is 0 Å². The van der Waals surface area contributed by atoms with Crippen molar-refractivity contribution in [3.8, 4) is 6.07 Å². The van der Waals surface area contributed by atoms with Gasteiger partial charge >= 0.3 is 0 Å². The molecule has 2 N–H and O–H groups in total. The van der Waals surface area contributed by atoms with Crippen molar-refractivity contribution in [2.45, 2.75) is 26.2 Å². The van der Waals surface area contributed by atoms with E-state index in [0.717, 1.165) is 11.4 Å². The Hall–Kier alpha value is -3.36. The van der Waals surface area contributed by atoms with Crippen LogP contribution >= 0.6 is 0 Å². The minimum atomic E-state index is 0.509. The molecule has 3 rings (SSSR count). The van der Waals surface area contributed by atoms with E-state index in [1.54, 1.807) is 0 Å². The minimum Gasteiger partial charge on any atom is -0.286 e. The maximum atomic E-state index is 8.86. The van der Waals surface area contributed by atoms with Gasteiger partial charge in [0.1, 0.15) is 5.84 Å². The first kappa shape index (κ1) is 19.4. The molecule has 1 heterocycles. The zero-order valence-corrected chi connectivity index (χ0v) is 16.3. The van der Waals surface area contributed by atoms with Crippen molar-refractivity contribution in [2.24, 2.45) is 5.10 Å². The van der Waals surface area contributed by atoms with Crippen LogP contribution in [0.5, 0.6) is 0 Å². The first-order valence-corrected chi connectivity index (χ1v) is 9.43. The van der Waals surface area contributed by atoms with E-state index in [9.17, 15) is 0 Å². The standard InChI is InChI=1S/C23H25N5/c1-18(2)22-10-6-5-9-21(22)8-4-3-7-15-28-26-23(25-27-28)16-19-11-13-20(17-24)14-12-19/h3-14,18,27H,15-16H2,1-2H3,(H,25,26). The van der Waals surface area contributed by atoms with Crippen LogP contribution < -0.4 is 11.0 Å². The molecule has 0 spiro atoms. The summed E-state index contributed by atoms with van der Waals surface area (Å²) < 4.78 is 0. The number of nitrogens with zero attached hydrogens (tertiary/aromatic N) is 3. The summed E-state index contributed by atoms with van der Waals surface area (Å²) in [4.78, 5) is 0. The lowest BCUT2D eigenvalue weighted by atomic mass is 9.97. The van der Waals surface area contributed by atoms with Crippen LogP contribution in [0.15, 0.2) is 71.9 Å². The van der Waals surface area contributed by atoms with Gasteiger partial charge in [0.15, 0.2) is 0 Å². The van der Waals surface area contributed by atoms with Crippen molar-refractivity contribution >= 4 is 11.9 Å². The van der Waals surface area contributed by atoms with E-state index in [0.29, 0.717) is 24.4 Å². The molecule has 142 valence electrons. The highest BCUT2D eigenvalue weighted by Gasteiger charge is 2.13. The molecule has 0 unspecified atom stereocenters. The first-order valence-electron chi connectivity index (χ1n) is 9.43. The number of nitriles is 1. The third-order valence-electron chi connectivity index (χ3n) is 4.45. The quantitative estimate of drug-likeness (QED) is 0.718. The summed E-state index contributed by atoms with van der Waals surface area (Å²) in [5, 5.41) is 15.0. The third-order valence-corrected chi connectivity index (χ3v) is 4.45. The fourth-order valence-electron chi connectivity index (χ4n) is 2.98. The van der Waals surface area contributed by atoms with Crippen LogP contribution in [-0.4, -0.2) is 17.5 Å². The van der Waals surface area contributed by atoms with Crippen LogP contribution in [0.1, 0.15) is 42.0 Å². The van der Waals surface area contributed by atoms with Crippen LogP contribution in [0, 0.1) is 11.3 Å². The molecule has 0 amide bonds. The Balaban J connectivity index is 1.46. The Morgan fingerprint density at radius 3 is 2.64 bits per heavy atom. The summed E-state index contributed by atoms with van der Waals surface area (Å²) in [7, 11) is 0. The van der Waals surface area contributed by atoms with Gasteiger partial charge in [-0.05, 0) is 34.7 Å². The Morgan fingerprint density at radius 2 is 1.89 bits per heavy atom. The average molecular weight is 371 g/mol. The van der Waals surface area contributed by atoms with Crippen LogP contribution in [0.25, 0.3) is 6.08 Å². The second-order valence-corrected chi connectivity index (χ2v) is 6.94. The SMILES string of the molecule is CC(C)c1ccccc1C=CC=CCN1NN=C(Cc2ccc(C#N)cc2)N1. The van der Waals surface area contributed by atoms with Gasteiger partial charge in [0, 0.05) is 6.42 Å². The zero-order valence-electron chi connectivity index (χ0n) is 16.3. The van der Waals surface area contributed by atoms with Crippen LogP contribution in [-0.2, 0) is 6.42 Å². The molecule has 28 heavy (non-hydrogen) atoms. The number of hydrogen-bond donors (Lipinski definition) is 2. The predicted molar refractivity (Wildman–Crippen MR) is 114 cm³/mol. The second kappa shape index (κ2) is 9.54. The molecule has 2 aromatic carbocycles. The van der Waals surface area contributed by atoms with Crippen LogP contribution in [0.2, 0.25) is 0 Å². The first-order chi connectivity index (χ1) is 13.7. The number of nitrogens with one attached hydrogen (secondary N) is 2. The maximum Gasteiger partial charge on any atom is 0.144 e. The van der Waals surface area contributed by atoms with Crippen molar-refractivity contribution in [2.75, 3.05) is 6.54 Å². The summed E-state index contributed by atoms with van der Waals surface area (Å²) in [6, 6.07) is 18.2. The number of amidine groups is 1. The largest absolute Gasteiger partial charge is 0.286 e. The van der Waals surface area contributed by atoms with E-state index < -0.39 is 0 Å². The van der Waals surface area contributed by atoms with E-state index in [1.807, 2.05) is 35.5 Å². The molecule has 0 saturated heterocycles. The van der Waals surface area contributed by atoms with Gasteiger partial charge in [-0.25, -0.2) is 5.53 Å². The molecule has 5 nitrogen and oxygen atoms in total. The summed E-state index contributed by atoms with van der Waals surface area (Å²) in [6.07, 6.45) is 9.00. The van der Waals surface area contributed by atoms with Gasteiger partial charge in [-0.2, -0.15) is 5.26 Å². The van der Waals surface area contributed by atoms with Crippen LogP contribution in [0.3, 0.4) is 0 Å². The Labute approximate surface area is 166 Å². The van der Waals surface area contributed by atoms with Crippen LogP contribution in [0.4, 0.5) is 0 Å².